The van der Waals surface area contributed by atoms with Crippen LogP contribution in [0.3, 0.4) is 0 Å². The average molecular weight is 257 g/mol. The zero-order chi connectivity index (χ0) is 12.1. The Morgan fingerprint density at radius 1 is 1.24 bits per heavy atom. The Labute approximate surface area is 110 Å². The van der Waals surface area contributed by atoms with Crippen LogP contribution in [0.15, 0.2) is 0 Å². The van der Waals surface area contributed by atoms with Crippen LogP contribution in [-0.2, 0) is 0 Å². The van der Waals surface area contributed by atoms with Crippen LogP contribution in [0.5, 0.6) is 0 Å². The number of aliphatic hydroxyl groups excluding tert-OH is 1. The highest BCUT2D eigenvalue weighted by Crippen LogP contribution is 2.36. The molecule has 1 heterocycles. The summed E-state index contributed by atoms with van der Waals surface area (Å²) in [5, 5.41) is 10.6. The minimum absolute atomic E-state index is 0.220. The van der Waals surface area contributed by atoms with Crippen molar-refractivity contribution < 1.29 is 5.11 Å². The molecular formula is C14H27NOS. The molecule has 1 unspecified atom stereocenters. The third-order valence-corrected chi connectivity index (χ3v) is 5.52. The van der Waals surface area contributed by atoms with Crippen molar-refractivity contribution in [3.05, 3.63) is 0 Å². The topological polar surface area (TPSA) is 23.5 Å². The van der Waals surface area contributed by atoms with Crippen LogP contribution >= 0.6 is 11.8 Å². The summed E-state index contributed by atoms with van der Waals surface area (Å²) in [6, 6.07) is 0. The van der Waals surface area contributed by atoms with Crippen LogP contribution < -0.4 is 0 Å². The van der Waals surface area contributed by atoms with Gasteiger partial charge in [-0.3, -0.25) is 0 Å². The first-order valence-electron chi connectivity index (χ1n) is 7.19. The minimum Gasteiger partial charge on any atom is -0.396 e. The van der Waals surface area contributed by atoms with Gasteiger partial charge in [-0.15, -0.1) is 0 Å². The maximum absolute atomic E-state index is 9.83. The Kier molecular flexibility index (Phi) is 5.19. The van der Waals surface area contributed by atoms with Gasteiger partial charge in [0.25, 0.3) is 0 Å². The van der Waals surface area contributed by atoms with E-state index in [4.69, 9.17) is 0 Å². The van der Waals surface area contributed by atoms with Gasteiger partial charge in [-0.2, -0.15) is 11.8 Å². The highest BCUT2D eigenvalue weighted by Gasteiger charge is 2.33. The van der Waals surface area contributed by atoms with E-state index < -0.39 is 0 Å². The van der Waals surface area contributed by atoms with Gasteiger partial charge in [0.2, 0.25) is 0 Å². The predicted octanol–water partition coefficient (Wildman–Crippen LogP) is 2.76. The van der Waals surface area contributed by atoms with Crippen molar-refractivity contribution in [1.29, 1.82) is 0 Å². The first-order chi connectivity index (χ1) is 8.24. The lowest BCUT2D eigenvalue weighted by Gasteiger charge is -2.39. The van der Waals surface area contributed by atoms with Crippen LogP contribution in [0.4, 0.5) is 0 Å². The molecule has 1 atom stereocenters. The maximum Gasteiger partial charge on any atom is 0.0499 e. The van der Waals surface area contributed by atoms with Gasteiger partial charge in [-0.25, -0.2) is 0 Å². The SMILES string of the molecule is CC1CN(CC2(CO)CCCCCC2)CCS1. The number of nitrogens with zero attached hydrogens (tertiary/aromatic N) is 1. The normalized spacial score (nSPS) is 31.1. The number of thioether (sulfide) groups is 1. The fourth-order valence-corrected chi connectivity index (χ4v) is 4.44. The molecule has 2 aliphatic rings. The summed E-state index contributed by atoms with van der Waals surface area (Å²) in [5.74, 6) is 1.27. The Hall–Kier alpha value is 0.270. The third-order valence-electron chi connectivity index (χ3n) is 4.38. The second kappa shape index (κ2) is 6.44. The summed E-state index contributed by atoms with van der Waals surface area (Å²) in [5.41, 5.74) is 0.220. The molecule has 0 aromatic carbocycles. The summed E-state index contributed by atoms with van der Waals surface area (Å²) in [6.45, 7) is 6.29. The predicted molar refractivity (Wildman–Crippen MR) is 75.6 cm³/mol. The number of hydrogen-bond donors (Lipinski definition) is 1. The van der Waals surface area contributed by atoms with Crippen LogP contribution in [0.1, 0.15) is 45.4 Å². The average Bonchev–Trinajstić information content (AvgIpc) is 2.55. The van der Waals surface area contributed by atoms with E-state index in [1.807, 2.05) is 0 Å². The molecule has 0 spiro atoms. The monoisotopic (exact) mass is 257 g/mol. The highest BCUT2D eigenvalue weighted by molar-refractivity contribution is 7.99. The molecule has 0 aromatic heterocycles. The minimum atomic E-state index is 0.220. The van der Waals surface area contributed by atoms with Crippen LogP contribution in [0.2, 0.25) is 0 Å². The number of rotatable bonds is 3. The fourth-order valence-electron chi connectivity index (χ4n) is 3.35. The Morgan fingerprint density at radius 2 is 1.94 bits per heavy atom. The van der Waals surface area contributed by atoms with Crippen molar-refractivity contribution >= 4 is 11.8 Å². The molecule has 2 fully saturated rings. The van der Waals surface area contributed by atoms with Gasteiger partial charge in [0, 0.05) is 42.7 Å². The summed E-state index contributed by atoms with van der Waals surface area (Å²) in [7, 11) is 0. The van der Waals surface area contributed by atoms with Crippen molar-refractivity contribution in [1.82, 2.24) is 4.90 Å². The van der Waals surface area contributed by atoms with Crippen LogP contribution in [0, 0.1) is 5.41 Å². The van der Waals surface area contributed by atoms with E-state index in [2.05, 4.69) is 23.6 Å². The largest absolute Gasteiger partial charge is 0.396 e. The van der Waals surface area contributed by atoms with Gasteiger partial charge in [0.15, 0.2) is 0 Å². The van der Waals surface area contributed by atoms with Crippen molar-refractivity contribution in [2.24, 2.45) is 5.41 Å². The van der Waals surface area contributed by atoms with Gasteiger partial charge < -0.3 is 10.0 Å². The zero-order valence-electron chi connectivity index (χ0n) is 11.2. The molecule has 0 radical (unpaired) electrons. The van der Waals surface area contributed by atoms with Gasteiger partial charge >= 0.3 is 0 Å². The fraction of sp³-hybridized carbons (Fsp3) is 1.00. The molecule has 100 valence electrons. The lowest BCUT2D eigenvalue weighted by molar-refractivity contribution is 0.0609. The van der Waals surface area contributed by atoms with Gasteiger partial charge in [0.1, 0.15) is 0 Å². The molecular weight excluding hydrogens is 230 g/mol. The van der Waals surface area contributed by atoms with Gasteiger partial charge in [-0.1, -0.05) is 32.6 Å². The van der Waals surface area contributed by atoms with E-state index >= 15 is 0 Å². The van der Waals surface area contributed by atoms with Crippen LogP contribution in [-0.4, -0.2) is 47.3 Å². The standard InChI is InChI=1S/C14H27NOS/c1-13-10-15(8-9-17-13)11-14(12-16)6-4-2-3-5-7-14/h13,16H,2-12H2,1H3. The molecule has 1 aliphatic heterocycles. The summed E-state index contributed by atoms with van der Waals surface area (Å²) in [6.07, 6.45) is 7.85. The first kappa shape index (κ1) is 13.7. The Balaban J connectivity index is 1.92. The van der Waals surface area contributed by atoms with Crippen molar-refractivity contribution in [3.8, 4) is 0 Å². The second-order valence-corrected chi connectivity index (χ2v) is 7.54. The van der Waals surface area contributed by atoms with E-state index in [0.717, 1.165) is 11.8 Å². The smallest absolute Gasteiger partial charge is 0.0499 e. The van der Waals surface area contributed by atoms with Crippen molar-refractivity contribution in [2.45, 2.75) is 50.7 Å². The molecule has 0 amide bonds. The lowest BCUT2D eigenvalue weighted by atomic mass is 9.80. The van der Waals surface area contributed by atoms with E-state index in [-0.39, 0.29) is 5.41 Å². The molecule has 1 saturated heterocycles. The molecule has 17 heavy (non-hydrogen) atoms. The molecule has 2 nitrogen and oxygen atoms in total. The second-order valence-electron chi connectivity index (χ2n) is 5.99. The summed E-state index contributed by atoms with van der Waals surface area (Å²) < 4.78 is 0. The molecule has 0 bridgehead atoms. The van der Waals surface area contributed by atoms with E-state index in [0.29, 0.717) is 6.61 Å². The quantitative estimate of drug-likeness (QED) is 0.787. The number of aliphatic hydroxyl groups is 1. The first-order valence-corrected chi connectivity index (χ1v) is 8.24. The molecule has 1 aliphatic carbocycles. The Morgan fingerprint density at radius 3 is 2.53 bits per heavy atom. The molecule has 1 saturated carbocycles. The molecule has 2 rings (SSSR count). The van der Waals surface area contributed by atoms with E-state index in [9.17, 15) is 5.11 Å². The summed E-state index contributed by atoms with van der Waals surface area (Å²) in [4.78, 5) is 2.60. The summed E-state index contributed by atoms with van der Waals surface area (Å²) >= 11 is 2.09. The number of hydrogen-bond acceptors (Lipinski definition) is 3. The van der Waals surface area contributed by atoms with Gasteiger partial charge in [-0.05, 0) is 12.8 Å². The zero-order valence-corrected chi connectivity index (χ0v) is 12.0. The third kappa shape index (κ3) is 3.87. The van der Waals surface area contributed by atoms with Crippen molar-refractivity contribution in [3.63, 3.8) is 0 Å². The molecule has 3 heteroatoms. The lowest BCUT2D eigenvalue weighted by Crippen LogP contribution is -2.45. The maximum atomic E-state index is 9.83. The van der Waals surface area contributed by atoms with E-state index in [1.165, 1.54) is 57.4 Å². The Bertz CT molecular complexity index is 226. The van der Waals surface area contributed by atoms with Crippen LogP contribution in [0.25, 0.3) is 0 Å². The van der Waals surface area contributed by atoms with Crippen molar-refractivity contribution in [2.75, 3.05) is 32.0 Å². The molecule has 0 aromatic rings. The van der Waals surface area contributed by atoms with E-state index in [1.54, 1.807) is 0 Å². The molecule has 1 N–H and O–H groups in total. The van der Waals surface area contributed by atoms with Gasteiger partial charge in [0.05, 0.1) is 0 Å². The highest BCUT2D eigenvalue weighted by atomic mass is 32.2.